The monoisotopic (exact) mass is 240 g/mol. The highest BCUT2D eigenvalue weighted by Crippen LogP contribution is 2.33. The molecule has 5 nitrogen and oxygen atoms in total. The highest BCUT2D eigenvalue weighted by atomic mass is 16.4. The first kappa shape index (κ1) is 12.4. The molecule has 4 N–H and O–H groups in total. The number of nitrogens with one attached hydrogen (secondary N) is 1. The third-order valence-corrected chi connectivity index (χ3v) is 3.80. The maximum absolute atomic E-state index is 11.7. The molecule has 2 rings (SSSR count). The average molecular weight is 240 g/mol. The molecule has 0 radical (unpaired) electrons. The summed E-state index contributed by atoms with van der Waals surface area (Å²) in [4.78, 5) is 22.5. The van der Waals surface area contributed by atoms with Gasteiger partial charge < -0.3 is 16.2 Å². The number of carboxylic acid groups (broad SMARTS) is 1. The molecule has 0 aromatic heterocycles. The SMILES string of the molecule is NC(CC(=O)N[C@H]1CC[C@@H](C(=O)O)C1)C1CC1. The lowest BCUT2D eigenvalue weighted by Crippen LogP contribution is -2.38. The largest absolute Gasteiger partial charge is 0.481 e. The summed E-state index contributed by atoms with van der Waals surface area (Å²) in [5, 5.41) is 11.8. The van der Waals surface area contributed by atoms with Gasteiger partial charge in [-0.3, -0.25) is 9.59 Å². The predicted octanol–water partition coefficient (Wildman–Crippen LogP) is 0.483. The van der Waals surface area contributed by atoms with Gasteiger partial charge in [-0.15, -0.1) is 0 Å². The molecule has 0 bridgehead atoms. The Labute approximate surface area is 101 Å². The molecule has 1 amide bonds. The van der Waals surface area contributed by atoms with Crippen LogP contribution in [0.25, 0.3) is 0 Å². The Morgan fingerprint density at radius 2 is 2.00 bits per heavy atom. The molecule has 5 heteroatoms. The fraction of sp³-hybridized carbons (Fsp3) is 0.833. The first-order chi connectivity index (χ1) is 8.06. The van der Waals surface area contributed by atoms with Crippen molar-refractivity contribution < 1.29 is 14.7 Å². The second-order valence-electron chi connectivity index (χ2n) is 5.32. The van der Waals surface area contributed by atoms with E-state index in [0.717, 1.165) is 19.3 Å². The van der Waals surface area contributed by atoms with Gasteiger partial charge in [-0.25, -0.2) is 0 Å². The summed E-state index contributed by atoms with van der Waals surface area (Å²) in [6.45, 7) is 0. The van der Waals surface area contributed by atoms with Gasteiger partial charge in [0.25, 0.3) is 0 Å². The number of hydrogen-bond acceptors (Lipinski definition) is 3. The molecular weight excluding hydrogens is 220 g/mol. The van der Waals surface area contributed by atoms with Crippen LogP contribution >= 0.6 is 0 Å². The van der Waals surface area contributed by atoms with Gasteiger partial charge in [0.1, 0.15) is 0 Å². The first-order valence-electron chi connectivity index (χ1n) is 6.34. The molecule has 96 valence electrons. The Morgan fingerprint density at radius 3 is 2.53 bits per heavy atom. The summed E-state index contributed by atoms with van der Waals surface area (Å²) < 4.78 is 0. The predicted molar refractivity (Wildman–Crippen MR) is 62.2 cm³/mol. The molecule has 2 fully saturated rings. The lowest BCUT2D eigenvalue weighted by Gasteiger charge is -2.15. The molecule has 17 heavy (non-hydrogen) atoms. The minimum atomic E-state index is -0.753. The highest BCUT2D eigenvalue weighted by molar-refractivity contribution is 5.77. The topological polar surface area (TPSA) is 92.4 Å². The van der Waals surface area contributed by atoms with Gasteiger partial charge in [-0.2, -0.15) is 0 Å². The lowest BCUT2D eigenvalue weighted by atomic mass is 10.1. The molecule has 0 aliphatic heterocycles. The van der Waals surface area contributed by atoms with Gasteiger partial charge in [0, 0.05) is 18.5 Å². The number of carboxylic acids is 1. The zero-order valence-corrected chi connectivity index (χ0v) is 9.89. The van der Waals surface area contributed by atoms with Crippen molar-refractivity contribution in [3.63, 3.8) is 0 Å². The molecule has 2 aliphatic rings. The minimum Gasteiger partial charge on any atom is -0.481 e. The molecule has 0 aromatic rings. The lowest BCUT2D eigenvalue weighted by molar-refractivity contribution is -0.141. The number of aliphatic carboxylic acids is 1. The summed E-state index contributed by atoms with van der Waals surface area (Å²) in [6.07, 6.45) is 4.63. The summed E-state index contributed by atoms with van der Waals surface area (Å²) in [5.41, 5.74) is 5.87. The van der Waals surface area contributed by atoms with Gasteiger partial charge in [-0.1, -0.05) is 0 Å². The van der Waals surface area contributed by atoms with Crippen LogP contribution in [0.15, 0.2) is 0 Å². The third kappa shape index (κ3) is 3.43. The van der Waals surface area contributed by atoms with E-state index in [9.17, 15) is 9.59 Å². The van der Waals surface area contributed by atoms with E-state index in [-0.39, 0.29) is 23.9 Å². The van der Waals surface area contributed by atoms with Crippen LogP contribution in [-0.2, 0) is 9.59 Å². The molecule has 0 saturated heterocycles. The van der Waals surface area contributed by atoms with E-state index in [2.05, 4.69) is 5.32 Å². The Morgan fingerprint density at radius 1 is 1.29 bits per heavy atom. The second-order valence-corrected chi connectivity index (χ2v) is 5.32. The van der Waals surface area contributed by atoms with E-state index in [1.54, 1.807) is 0 Å². The van der Waals surface area contributed by atoms with Gasteiger partial charge in [-0.05, 0) is 38.0 Å². The molecule has 2 saturated carbocycles. The minimum absolute atomic E-state index is 0.0216. The van der Waals surface area contributed by atoms with Crippen LogP contribution in [0.3, 0.4) is 0 Å². The number of hydrogen-bond donors (Lipinski definition) is 3. The van der Waals surface area contributed by atoms with Crippen molar-refractivity contribution in [1.82, 2.24) is 5.32 Å². The summed E-state index contributed by atoms with van der Waals surface area (Å²) in [7, 11) is 0. The standard InChI is InChI=1S/C12H20N2O3/c13-10(7-1-2-7)6-11(15)14-9-4-3-8(5-9)12(16)17/h7-10H,1-6,13H2,(H,14,15)(H,16,17)/t8-,9+,10?/m1/s1. The second kappa shape index (κ2) is 5.04. The zero-order chi connectivity index (χ0) is 12.4. The summed E-state index contributed by atoms with van der Waals surface area (Å²) in [5.74, 6) is -0.551. The van der Waals surface area contributed by atoms with Gasteiger partial charge in [0.15, 0.2) is 0 Å². The van der Waals surface area contributed by atoms with Crippen LogP contribution in [0.2, 0.25) is 0 Å². The van der Waals surface area contributed by atoms with Gasteiger partial charge >= 0.3 is 5.97 Å². The van der Waals surface area contributed by atoms with Crippen molar-refractivity contribution >= 4 is 11.9 Å². The molecule has 0 heterocycles. The summed E-state index contributed by atoms with van der Waals surface area (Å²) >= 11 is 0. The van der Waals surface area contributed by atoms with E-state index in [4.69, 9.17) is 10.8 Å². The first-order valence-corrected chi connectivity index (χ1v) is 6.34. The van der Waals surface area contributed by atoms with E-state index in [1.807, 2.05) is 0 Å². The molecule has 3 atom stereocenters. The van der Waals surface area contributed by atoms with Crippen LogP contribution < -0.4 is 11.1 Å². The van der Waals surface area contributed by atoms with Crippen molar-refractivity contribution in [2.75, 3.05) is 0 Å². The maximum atomic E-state index is 11.7. The third-order valence-electron chi connectivity index (χ3n) is 3.80. The van der Waals surface area contributed by atoms with Gasteiger partial charge in [0.05, 0.1) is 5.92 Å². The van der Waals surface area contributed by atoms with E-state index in [0.29, 0.717) is 25.2 Å². The van der Waals surface area contributed by atoms with Crippen molar-refractivity contribution in [3.8, 4) is 0 Å². The van der Waals surface area contributed by atoms with Crippen molar-refractivity contribution in [2.24, 2.45) is 17.6 Å². The molecule has 0 spiro atoms. The van der Waals surface area contributed by atoms with Gasteiger partial charge in [0.2, 0.25) is 5.91 Å². The Bertz CT molecular complexity index is 315. The average Bonchev–Trinajstić information content (AvgIpc) is 2.99. The quantitative estimate of drug-likeness (QED) is 0.652. The number of amides is 1. The van der Waals surface area contributed by atoms with Crippen LogP contribution in [0, 0.1) is 11.8 Å². The smallest absolute Gasteiger partial charge is 0.306 e. The highest BCUT2D eigenvalue weighted by Gasteiger charge is 2.33. The fourth-order valence-electron chi connectivity index (χ4n) is 2.53. The van der Waals surface area contributed by atoms with Crippen molar-refractivity contribution in [3.05, 3.63) is 0 Å². The number of carbonyl (C=O) groups excluding carboxylic acids is 1. The van der Waals surface area contributed by atoms with E-state index >= 15 is 0 Å². The molecular formula is C12H20N2O3. The van der Waals surface area contributed by atoms with E-state index in [1.165, 1.54) is 0 Å². The molecule has 0 aromatic carbocycles. The number of carbonyl (C=O) groups is 2. The van der Waals surface area contributed by atoms with Crippen LogP contribution in [0.5, 0.6) is 0 Å². The van der Waals surface area contributed by atoms with Crippen LogP contribution in [0.1, 0.15) is 38.5 Å². The molecule has 1 unspecified atom stereocenters. The normalized spacial score (nSPS) is 29.9. The van der Waals surface area contributed by atoms with Crippen molar-refractivity contribution in [2.45, 2.75) is 50.6 Å². The fourth-order valence-corrected chi connectivity index (χ4v) is 2.53. The Balaban J connectivity index is 1.70. The zero-order valence-electron chi connectivity index (χ0n) is 9.89. The van der Waals surface area contributed by atoms with Crippen LogP contribution in [-0.4, -0.2) is 29.1 Å². The Kier molecular flexibility index (Phi) is 3.66. The number of rotatable bonds is 5. The van der Waals surface area contributed by atoms with Crippen LogP contribution in [0.4, 0.5) is 0 Å². The van der Waals surface area contributed by atoms with E-state index < -0.39 is 5.97 Å². The van der Waals surface area contributed by atoms with Crippen molar-refractivity contribution in [1.29, 1.82) is 0 Å². The maximum Gasteiger partial charge on any atom is 0.306 e. The number of nitrogens with two attached hydrogens (primary N) is 1. The Hall–Kier alpha value is -1.10. The molecule has 2 aliphatic carbocycles. The summed E-state index contributed by atoms with van der Waals surface area (Å²) in [6, 6.07) is 0.00155.